The van der Waals surface area contributed by atoms with Gasteiger partial charge in [0.15, 0.2) is 6.61 Å². The number of carbonyl (C=O) groups excluding carboxylic acids is 1. The van der Waals surface area contributed by atoms with Crippen molar-refractivity contribution in [1.29, 1.82) is 0 Å². The third-order valence-electron chi connectivity index (χ3n) is 4.42. The molecule has 0 unspecified atom stereocenters. The minimum Gasteiger partial charge on any atom is -0.482 e. The van der Waals surface area contributed by atoms with Crippen LogP contribution in [0, 0.1) is 0 Å². The highest BCUT2D eigenvalue weighted by molar-refractivity contribution is 7.88. The maximum absolute atomic E-state index is 12.3. The van der Waals surface area contributed by atoms with Crippen molar-refractivity contribution in [3.63, 3.8) is 0 Å². The smallest absolute Gasteiger partial charge is 0.262 e. The van der Waals surface area contributed by atoms with Gasteiger partial charge in [-0.2, -0.15) is 4.31 Å². The summed E-state index contributed by atoms with van der Waals surface area (Å²) in [5.74, 6) is 0.145. The van der Waals surface area contributed by atoms with E-state index in [4.69, 9.17) is 16.3 Å². The van der Waals surface area contributed by atoms with Crippen LogP contribution in [-0.4, -0.2) is 57.7 Å². The molecule has 7 nitrogen and oxygen atoms in total. The number of anilines is 2. The summed E-state index contributed by atoms with van der Waals surface area (Å²) in [7, 11) is -3.19. The second-order valence-electron chi connectivity index (χ2n) is 6.43. The fourth-order valence-electron chi connectivity index (χ4n) is 3.01. The second kappa shape index (κ2) is 8.81. The standard InChI is InChI=1S/C19H22ClN3O4S/c1-28(25,26)23-12-10-22(11-13-23)17-8-4-3-7-16(17)21-19(24)14-27-18-9-5-2-6-15(18)20/h2-9H,10-14H2,1H3,(H,21,24). The number of hydrogen-bond donors (Lipinski definition) is 1. The van der Waals surface area contributed by atoms with E-state index in [0.717, 1.165) is 5.69 Å². The van der Waals surface area contributed by atoms with Crippen molar-refractivity contribution in [1.82, 2.24) is 4.31 Å². The van der Waals surface area contributed by atoms with Crippen LogP contribution in [0.4, 0.5) is 11.4 Å². The number of amides is 1. The number of nitrogens with one attached hydrogen (secondary N) is 1. The Balaban J connectivity index is 1.63. The molecule has 1 fully saturated rings. The number of para-hydroxylation sites is 3. The van der Waals surface area contributed by atoms with Gasteiger partial charge in [-0.15, -0.1) is 0 Å². The molecule has 0 aliphatic carbocycles. The van der Waals surface area contributed by atoms with E-state index in [1.54, 1.807) is 24.3 Å². The van der Waals surface area contributed by atoms with E-state index in [9.17, 15) is 13.2 Å². The van der Waals surface area contributed by atoms with E-state index in [1.165, 1.54) is 10.6 Å². The molecule has 0 bridgehead atoms. The number of ether oxygens (including phenoxy) is 1. The maximum Gasteiger partial charge on any atom is 0.262 e. The van der Waals surface area contributed by atoms with Crippen LogP contribution in [-0.2, 0) is 14.8 Å². The molecule has 1 aliphatic rings. The van der Waals surface area contributed by atoms with Gasteiger partial charge in [0.2, 0.25) is 10.0 Å². The molecule has 0 atom stereocenters. The minimum absolute atomic E-state index is 0.167. The van der Waals surface area contributed by atoms with E-state index in [-0.39, 0.29) is 12.5 Å². The first kappa shape index (κ1) is 20.4. The zero-order valence-electron chi connectivity index (χ0n) is 15.5. The van der Waals surface area contributed by atoms with Gasteiger partial charge in [0.05, 0.1) is 22.7 Å². The van der Waals surface area contributed by atoms with Gasteiger partial charge in [-0.3, -0.25) is 4.79 Å². The summed E-state index contributed by atoms with van der Waals surface area (Å²) in [5, 5.41) is 3.30. The first-order chi connectivity index (χ1) is 13.3. The molecule has 3 rings (SSSR count). The minimum atomic E-state index is -3.19. The summed E-state index contributed by atoms with van der Waals surface area (Å²) >= 11 is 6.03. The van der Waals surface area contributed by atoms with Crippen LogP contribution in [0.3, 0.4) is 0 Å². The molecule has 9 heteroatoms. The first-order valence-electron chi connectivity index (χ1n) is 8.81. The molecular formula is C19H22ClN3O4S. The maximum atomic E-state index is 12.3. The van der Waals surface area contributed by atoms with Crippen LogP contribution >= 0.6 is 11.6 Å². The third-order valence-corrected chi connectivity index (χ3v) is 6.04. The van der Waals surface area contributed by atoms with Crippen molar-refractivity contribution in [3.8, 4) is 5.75 Å². The Hall–Kier alpha value is -2.29. The third kappa shape index (κ3) is 5.15. The number of rotatable bonds is 6. The molecule has 1 N–H and O–H groups in total. The van der Waals surface area contributed by atoms with Gasteiger partial charge < -0.3 is 15.0 Å². The fraction of sp³-hybridized carbons (Fsp3) is 0.316. The van der Waals surface area contributed by atoms with E-state index in [2.05, 4.69) is 10.2 Å². The van der Waals surface area contributed by atoms with E-state index >= 15 is 0 Å². The van der Waals surface area contributed by atoms with Crippen molar-refractivity contribution >= 4 is 38.9 Å². The lowest BCUT2D eigenvalue weighted by molar-refractivity contribution is -0.118. The van der Waals surface area contributed by atoms with Crippen LogP contribution in [0.25, 0.3) is 0 Å². The predicted octanol–water partition coefficient (Wildman–Crippen LogP) is 2.44. The van der Waals surface area contributed by atoms with Crippen LogP contribution in [0.2, 0.25) is 5.02 Å². The number of nitrogens with zero attached hydrogens (tertiary/aromatic N) is 2. The predicted molar refractivity (Wildman–Crippen MR) is 111 cm³/mol. The number of hydrogen-bond acceptors (Lipinski definition) is 5. The van der Waals surface area contributed by atoms with E-state index < -0.39 is 10.0 Å². The molecule has 1 saturated heterocycles. The van der Waals surface area contributed by atoms with Crippen LogP contribution < -0.4 is 15.0 Å². The molecule has 28 heavy (non-hydrogen) atoms. The average Bonchev–Trinajstić information content (AvgIpc) is 2.67. The Morgan fingerprint density at radius 3 is 2.39 bits per heavy atom. The topological polar surface area (TPSA) is 79.0 Å². The fourth-order valence-corrected chi connectivity index (χ4v) is 4.02. The second-order valence-corrected chi connectivity index (χ2v) is 8.82. The lowest BCUT2D eigenvalue weighted by atomic mass is 10.2. The summed E-state index contributed by atoms with van der Waals surface area (Å²) in [6.07, 6.45) is 1.22. The zero-order valence-corrected chi connectivity index (χ0v) is 17.0. The van der Waals surface area contributed by atoms with E-state index in [0.29, 0.717) is 42.6 Å². The van der Waals surface area contributed by atoms with Gasteiger partial charge in [-0.05, 0) is 24.3 Å². The highest BCUT2D eigenvalue weighted by Crippen LogP contribution is 2.27. The molecule has 150 valence electrons. The summed E-state index contributed by atoms with van der Waals surface area (Å²) in [5.41, 5.74) is 1.50. The van der Waals surface area contributed by atoms with Gasteiger partial charge >= 0.3 is 0 Å². The van der Waals surface area contributed by atoms with Gasteiger partial charge in [-0.1, -0.05) is 35.9 Å². The Kier molecular flexibility index (Phi) is 6.43. The summed E-state index contributed by atoms with van der Waals surface area (Å²) < 4.78 is 30.3. The van der Waals surface area contributed by atoms with Crippen molar-refractivity contribution in [2.24, 2.45) is 0 Å². The normalized spacial score (nSPS) is 15.3. The number of piperazine rings is 1. The van der Waals surface area contributed by atoms with Crippen molar-refractivity contribution in [2.75, 3.05) is 49.3 Å². The summed E-state index contributed by atoms with van der Waals surface area (Å²) in [4.78, 5) is 14.4. The largest absolute Gasteiger partial charge is 0.482 e. The van der Waals surface area contributed by atoms with Crippen molar-refractivity contribution < 1.29 is 17.9 Å². The number of halogens is 1. The average molecular weight is 424 g/mol. The highest BCUT2D eigenvalue weighted by Gasteiger charge is 2.24. The van der Waals surface area contributed by atoms with Crippen molar-refractivity contribution in [3.05, 3.63) is 53.6 Å². The Bertz CT molecular complexity index is 944. The molecule has 1 aliphatic heterocycles. The van der Waals surface area contributed by atoms with E-state index in [1.807, 2.05) is 24.3 Å². The van der Waals surface area contributed by atoms with Gasteiger partial charge in [0.25, 0.3) is 5.91 Å². The SMILES string of the molecule is CS(=O)(=O)N1CCN(c2ccccc2NC(=O)COc2ccccc2Cl)CC1. The number of carbonyl (C=O) groups is 1. The van der Waals surface area contributed by atoms with Crippen LogP contribution in [0.1, 0.15) is 0 Å². The molecule has 1 amide bonds. The van der Waals surface area contributed by atoms with Crippen molar-refractivity contribution in [2.45, 2.75) is 0 Å². The quantitative estimate of drug-likeness (QED) is 0.772. The summed E-state index contributed by atoms with van der Waals surface area (Å²) in [6, 6.07) is 14.4. The molecule has 0 saturated carbocycles. The molecule has 1 heterocycles. The monoisotopic (exact) mass is 423 g/mol. The lowest BCUT2D eigenvalue weighted by Crippen LogP contribution is -2.48. The summed E-state index contributed by atoms with van der Waals surface area (Å²) in [6.45, 7) is 1.76. The van der Waals surface area contributed by atoms with Crippen LogP contribution in [0.5, 0.6) is 5.75 Å². The Morgan fingerprint density at radius 1 is 1.07 bits per heavy atom. The molecule has 2 aromatic rings. The molecule has 2 aromatic carbocycles. The highest BCUT2D eigenvalue weighted by atomic mass is 35.5. The number of sulfonamides is 1. The Labute approximate surface area is 169 Å². The molecular weight excluding hydrogens is 402 g/mol. The number of benzene rings is 2. The van der Waals surface area contributed by atoms with Gasteiger partial charge in [0, 0.05) is 26.2 Å². The van der Waals surface area contributed by atoms with Gasteiger partial charge in [-0.25, -0.2) is 8.42 Å². The van der Waals surface area contributed by atoms with Crippen LogP contribution in [0.15, 0.2) is 48.5 Å². The molecule has 0 radical (unpaired) electrons. The molecule has 0 aromatic heterocycles. The first-order valence-corrected chi connectivity index (χ1v) is 11.0. The molecule has 0 spiro atoms. The van der Waals surface area contributed by atoms with Gasteiger partial charge in [0.1, 0.15) is 5.75 Å². The lowest BCUT2D eigenvalue weighted by Gasteiger charge is -2.35. The zero-order chi connectivity index (χ0) is 20.1. The Morgan fingerprint density at radius 2 is 1.71 bits per heavy atom.